The number of carbonyl (C=O) groups is 1. The quantitative estimate of drug-likeness (QED) is 0.488. The van der Waals surface area contributed by atoms with Crippen molar-refractivity contribution in [3.63, 3.8) is 0 Å². The summed E-state index contributed by atoms with van der Waals surface area (Å²) in [5.74, 6) is 0.559. The molecule has 0 heterocycles. The van der Waals surface area contributed by atoms with Crippen molar-refractivity contribution in [1.29, 1.82) is 0 Å². The Hall–Kier alpha value is -1.93. The van der Waals surface area contributed by atoms with Gasteiger partial charge in [0.2, 0.25) is 5.91 Å². The zero-order valence-electron chi connectivity index (χ0n) is 13.4. The third-order valence-corrected chi connectivity index (χ3v) is 4.66. The number of nitro benzene ring substituents is 1. The van der Waals surface area contributed by atoms with E-state index in [2.05, 4.69) is 37.2 Å². The number of nitrogens with one attached hydrogen (secondary N) is 1. The van der Waals surface area contributed by atoms with E-state index in [1.54, 1.807) is 19.2 Å². The molecule has 1 amide bonds. The van der Waals surface area contributed by atoms with Crippen LogP contribution < -0.4 is 10.1 Å². The molecule has 0 aromatic heterocycles. The summed E-state index contributed by atoms with van der Waals surface area (Å²) in [7, 11) is 1.57. The number of hydrogen-bond donors (Lipinski definition) is 1. The second-order valence-corrected chi connectivity index (χ2v) is 7.01. The van der Waals surface area contributed by atoms with Crippen molar-refractivity contribution in [3.8, 4) is 5.75 Å². The minimum absolute atomic E-state index is 0.0526. The fourth-order valence-electron chi connectivity index (χ4n) is 2.33. The van der Waals surface area contributed by atoms with Crippen molar-refractivity contribution >= 4 is 43.5 Å². The lowest BCUT2D eigenvalue weighted by atomic mass is 10.1. The average Bonchev–Trinajstić information content (AvgIpc) is 2.55. The predicted molar refractivity (Wildman–Crippen MR) is 102 cm³/mol. The maximum absolute atomic E-state index is 12.1. The Balaban J connectivity index is 1.89. The molecule has 2 rings (SSSR count). The van der Waals surface area contributed by atoms with Crippen molar-refractivity contribution in [2.24, 2.45) is 0 Å². The number of amides is 1. The molecule has 0 aliphatic rings. The molecule has 0 aliphatic heterocycles. The van der Waals surface area contributed by atoms with Crippen LogP contribution in [0.15, 0.2) is 45.3 Å². The van der Waals surface area contributed by atoms with Crippen LogP contribution in [0.2, 0.25) is 0 Å². The second kappa shape index (κ2) is 8.96. The van der Waals surface area contributed by atoms with Crippen LogP contribution in [-0.2, 0) is 17.6 Å². The van der Waals surface area contributed by atoms with E-state index in [0.717, 1.165) is 20.1 Å². The summed E-state index contributed by atoms with van der Waals surface area (Å²) >= 11 is 6.82. The van der Waals surface area contributed by atoms with Crippen molar-refractivity contribution in [1.82, 2.24) is 5.32 Å². The molecule has 0 atom stereocenters. The molecule has 2 aromatic rings. The molecule has 0 radical (unpaired) electrons. The van der Waals surface area contributed by atoms with E-state index in [4.69, 9.17) is 4.74 Å². The zero-order chi connectivity index (χ0) is 18.4. The van der Waals surface area contributed by atoms with E-state index in [-0.39, 0.29) is 18.0 Å². The van der Waals surface area contributed by atoms with Gasteiger partial charge in [-0.15, -0.1) is 0 Å². The van der Waals surface area contributed by atoms with Gasteiger partial charge >= 0.3 is 0 Å². The Labute approximate surface area is 162 Å². The van der Waals surface area contributed by atoms with Gasteiger partial charge in [0, 0.05) is 18.7 Å². The van der Waals surface area contributed by atoms with Crippen molar-refractivity contribution in [2.45, 2.75) is 12.8 Å². The number of benzene rings is 2. The average molecular weight is 472 g/mol. The van der Waals surface area contributed by atoms with Gasteiger partial charge < -0.3 is 10.1 Å². The van der Waals surface area contributed by atoms with Gasteiger partial charge in [-0.2, -0.15) is 0 Å². The van der Waals surface area contributed by atoms with E-state index >= 15 is 0 Å². The standard InChI is InChI=1S/C17H16Br2N2O4/c1-25-17-14(18)8-12(9-15(17)19)10-16(22)20-6-5-11-3-2-4-13(7-11)21(23)24/h2-4,7-9H,5-6,10H2,1H3,(H,20,22). The Morgan fingerprint density at radius 2 is 1.88 bits per heavy atom. The molecule has 132 valence electrons. The summed E-state index contributed by atoms with van der Waals surface area (Å²) in [5.41, 5.74) is 1.70. The summed E-state index contributed by atoms with van der Waals surface area (Å²) in [4.78, 5) is 22.4. The lowest BCUT2D eigenvalue weighted by Gasteiger charge is -2.10. The first-order valence-corrected chi connectivity index (χ1v) is 9.01. The highest BCUT2D eigenvalue weighted by Crippen LogP contribution is 2.34. The number of nitro groups is 1. The predicted octanol–water partition coefficient (Wildman–Crippen LogP) is 4.03. The molecular formula is C17H16Br2N2O4. The molecule has 0 saturated carbocycles. The lowest BCUT2D eigenvalue weighted by molar-refractivity contribution is -0.384. The third kappa shape index (κ3) is 5.54. The van der Waals surface area contributed by atoms with Gasteiger partial charge in [0.1, 0.15) is 5.75 Å². The van der Waals surface area contributed by atoms with Gasteiger partial charge in [0.05, 0.1) is 27.4 Å². The van der Waals surface area contributed by atoms with Gasteiger partial charge in [-0.1, -0.05) is 12.1 Å². The maximum Gasteiger partial charge on any atom is 0.269 e. The SMILES string of the molecule is COc1c(Br)cc(CC(=O)NCCc2cccc([N+](=O)[O-])c2)cc1Br. The summed E-state index contributed by atoms with van der Waals surface area (Å²) in [5, 5.41) is 13.6. The Kier molecular flexibility index (Phi) is 6.95. The highest BCUT2D eigenvalue weighted by atomic mass is 79.9. The van der Waals surface area contributed by atoms with Crippen LogP contribution >= 0.6 is 31.9 Å². The molecule has 0 unspecified atom stereocenters. The molecule has 0 bridgehead atoms. The monoisotopic (exact) mass is 470 g/mol. The van der Waals surface area contributed by atoms with E-state index in [9.17, 15) is 14.9 Å². The van der Waals surface area contributed by atoms with Crippen LogP contribution in [0.3, 0.4) is 0 Å². The minimum Gasteiger partial charge on any atom is -0.494 e. The molecule has 0 fully saturated rings. The van der Waals surface area contributed by atoms with E-state index in [1.807, 2.05) is 12.1 Å². The van der Waals surface area contributed by atoms with Crippen molar-refractivity contribution in [2.75, 3.05) is 13.7 Å². The number of halogens is 2. The Bertz CT molecular complexity index is 773. The van der Waals surface area contributed by atoms with Crippen LogP contribution in [0.25, 0.3) is 0 Å². The minimum atomic E-state index is -0.429. The molecule has 1 N–H and O–H groups in total. The number of nitrogens with zero attached hydrogens (tertiary/aromatic N) is 1. The van der Waals surface area contributed by atoms with Gasteiger partial charge in [-0.25, -0.2) is 0 Å². The van der Waals surface area contributed by atoms with Crippen LogP contribution in [0, 0.1) is 10.1 Å². The first kappa shape index (κ1) is 19.4. The smallest absolute Gasteiger partial charge is 0.269 e. The molecular weight excluding hydrogens is 456 g/mol. The lowest BCUT2D eigenvalue weighted by Crippen LogP contribution is -2.27. The summed E-state index contributed by atoms with van der Waals surface area (Å²) in [6, 6.07) is 10.1. The first-order chi connectivity index (χ1) is 11.9. The number of hydrogen-bond acceptors (Lipinski definition) is 4. The van der Waals surface area contributed by atoms with Gasteiger partial charge in [-0.05, 0) is 61.5 Å². The Morgan fingerprint density at radius 3 is 2.48 bits per heavy atom. The largest absolute Gasteiger partial charge is 0.494 e. The molecule has 25 heavy (non-hydrogen) atoms. The van der Waals surface area contributed by atoms with Gasteiger partial charge in [0.15, 0.2) is 0 Å². The van der Waals surface area contributed by atoms with Crippen molar-refractivity contribution < 1.29 is 14.5 Å². The number of carbonyl (C=O) groups excluding carboxylic acids is 1. The second-order valence-electron chi connectivity index (χ2n) is 5.30. The molecule has 0 saturated heterocycles. The molecule has 2 aromatic carbocycles. The summed E-state index contributed by atoms with van der Waals surface area (Å²) in [6.07, 6.45) is 0.763. The van der Waals surface area contributed by atoms with E-state index in [1.165, 1.54) is 12.1 Å². The third-order valence-electron chi connectivity index (χ3n) is 3.48. The van der Waals surface area contributed by atoms with Gasteiger partial charge in [0.25, 0.3) is 5.69 Å². The van der Waals surface area contributed by atoms with Crippen LogP contribution in [0.5, 0.6) is 5.75 Å². The van der Waals surface area contributed by atoms with E-state index < -0.39 is 4.92 Å². The Morgan fingerprint density at radius 1 is 1.20 bits per heavy atom. The number of methoxy groups -OCH3 is 1. The highest BCUT2D eigenvalue weighted by Gasteiger charge is 2.11. The van der Waals surface area contributed by atoms with Crippen LogP contribution in [0.4, 0.5) is 5.69 Å². The summed E-state index contributed by atoms with van der Waals surface area (Å²) in [6.45, 7) is 0.415. The van der Waals surface area contributed by atoms with Crippen LogP contribution in [0.1, 0.15) is 11.1 Å². The molecule has 8 heteroatoms. The topological polar surface area (TPSA) is 81.5 Å². The molecule has 6 nitrogen and oxygen atoms in total. The van der Waals surface area contributed by atoms with Crippen LogP contribution in [-0.4, -0.2) is 24.5 Å². The molecule has 0 aliphatic carbocycles. The number of non-ortho nitro benzene ring substituents is 1. The van der Waals surface area contributed by atoms with Gasteiger partial charge in [-0.3, -0.25) is 14.9 Å². The molecule has 0 spiro atoms. The van der Waals surface area contributed by atoms with E-state index in [0.29, 0.717) is 18.7 Å². The highest BCUT2D eigenvalue weighted by molar-refractivity contribution is 9.11. The number of rotatable bonds is 7. The first-order valence-electron chi connectivity index (χ1n) is 7.42. The fraction of sp³-hybridized carbons (Fsp3) is 0.235. The maximum atomic E-state index is 12.1. The normalized spacial score (nSPS) is 10.4. The zero-order valence-corrected chi connectivity index (χ0v) is 16.6. The van der Waals surface area contributed by atoms with Crippen molar-refractivity contribution in [3.05, 3.63) is 66.6 Å². The summed E-state index contributed by atoms with van der Waals surface area (Å²) < 4.78 is 6.77. The number of ether oxygens (including phenoxy) is 1. The fourth-order valence-corrected chi connectivity index (χ4v) is 3.93.